The van der Waals surface area contributed by atoms with Gasteiger partial charge >= 0.3 is 0 Å². The van der Waals surface area contributed by atoms with Crippen molar-refractivity contribution in [1.82, 2.24) is 4.90 Å². The van der Waals surface area contributed by atoms with E-state index < -0.39 is 6.10 Å². The Hall–Kier alpha value is -1.95. The Morgan fingerprint density at radius 1 is 1.08 bits per heavy atom. The van der Waals surface area contributed by atoms with E-state index in [1.54, 1.807) is 19.2 Å². The predicted molar refractivity (Wildman–Crippen MR) is 91.5 cm³/mol. The fourth-order valence-corrected chi connectivity index (χ4v) is 2.36. The van der Waals surface area contributed by atoms with Crippen LogP contribution in [0.1, 0.15) is 5.56 Å². The van der Waals surface area contributed by atoms with E-state index in [1.807, 2.05) is 30.3 Å². The third-order valence-electron chi connectivity index (χ3n) is 3.59. The van der Waals surface area contributed by atoms with Crippen molar-refractivity contribution >= 4 is 0 Å². The van der Waals surface area contributed by atoms with E-state index in [4.69, 9.17) is 9.47 Å². The molecule has 0 aliphatic heterocycles. The zero-order valence-electron chi connectivity index (χ0n) is 13.9. The first-order chi connectivity index (χ1) is 11.7. The van der Waals surface area contributed by atoms with E-state index in [2.05, 4.69) is 4.90 Å². The van der Waals surface area contributed by atoms with Crippen LogP contribution in [-0.2, 0) is 11.3 Å². The van der Waals surface area contributed by atoms with Crippen molar-refractivity contribution in [3.8, 4) is 5.75 Å². The predicted octanol–water partition coefficient (Wildman–Crippen LogP) is 2.71. The van der Waals surface area contributed by atoms with Crippen LogP contribution in [0.4, 0.5) is 4.39 Å². The van der Waals surface area contributed by atoms with Crippen LogP contribution in [0.25, 0.3) is 0 Å². The van der Waals surface area contributed by atoms with Crippen molar-refractivity contribution in [3.05, 3.63) is 66.0 Å². The van der Waals surface area contributed by atoms with Gasteiger partial charge in [-0.3, -0.25) is 4.90 Å². The third kappa shape index (κ3) is 6.66. The molecule has 5 heteroatoms. The summed E-state index contributed by atoms with van der Waals surface area (Å²) in [5.74, 6) is 0.483. The maximum absolute atomic E-state index is 13.0. The second kappa shape index (κ2) is 10.0. The van der Waals surface area contributed by atoms with E-state index >= 15 is 0 Å². The molecular weight excluding hydrogens is 309 g/mol. The van der Waals surface area contributed by atoms with Gasteiger partial charge in [-0.1, -0.05) is 30.3 Å². The summed E-state index contributed by atoms with van der Waals surface area (Å²) in [4.78, 5) is 2.07. The molecule has 2 aromatic carbocycles. The van der Waals surface area contributed by atoms with Crippen molar-refractivity contribution in [2.45, 2.75) is 12.6 Å². The highest BCUT2D eigenvalue weighted by atomic mass is 19.1. The molecule has 0 radical (unpaired) electrons. The summed E-state index contributed by atoms with van der Waals surface area (Å²) in [6, 6.07) is 15.8. The molecule has 2 aromatic rings. The molecular formula is C19H24FNO3. The number of para-hydroxylation sites is 1. The topological polar surface area (TPSA) is 41.9 Å². The molecule has 0 bridgehead atoms. The first-order valence-corrected chi connectivity index (χ1v) is 7.99. The fourth-order valence-electron chi connectivity index (χ4n) is 2.36. The number of hydrogen-bond donors (Lipinski definition) is 1. The molecule has 1 atom stereocenters. The summed E-state index contributed by atoms with van der Waals surface area (Å²) in [7, 11) is 1.64. The van der Waals surface area contributed by atoms with Gasteiger partial charge in [-0.05, 0) is 29.8 Å². The summed E-state index contributed by atoms with van der Waals surface area (Å²) >= 11 is 0. The highest BCUT2D eigenvalue weighted by Gasteiger charge is 2.13. The minimum Gasteiger partial charge on any atom is -0.491 e. The van der Waals surface area contributed by atoms with E-state index in [0.29, 0.717) is 26.2 Å². The minimum atomic E-state index is -0.623. The summed E-state index contributed by atoms with van der Waals surface area (Å²) < 4.78 is 23.7. The first kappa shape index (κ1) is 18.4. The third-order valence-corrected chi connectivity index (χ3v) is 3.59. The maximum atomic E-state index is 13.0. The summed E-state index contributed by atoms with van der Waals surface area (Å²) in [5, 5.41) is 10.2. The number of nitrogens with zero attached hydrogens (tertiary/aromatic N) is 1. The van der Waals surface area contributed by atoms with Crippen LogP contribution < -0.4 is 4.74 Å². The monoisotopic (exact) mass is 333 g/mol. The van der Waals surface area contributed by atoms with Crippen molar-refractivity contribution in [1.29, 1.82) is 0 Å². The summed E-state index contributed by atoms with van der Waals surface area (Å²) in [6.07, 6.45) is -0.623. The molecule has 0 aromatic heterocycles. The molecule has 4 nitrogen and oxygen atoms in total. The summed E-state index contributed by atoms with van der Waals surface area (Å²) in [6.45, 7) is 2.53. The largest absolute Gasteiger partial charge is 0.491 e. The van der Waals surface area contributed by atoms with E-state index in [1.165, 1.54) is 12.1 Å². The lowest BCUT2D eigenvalue weighted by Gasteiger charge is -2.25. The first-order valence-electron chi connectivity index (χ1n) is 7.99. The van der Waals surface area contributed by atoms with E-state index in [-0.39, 0.29) is 12.4 Å². The fraction of sp³-hybridized carbons (Fsp3) is 0.368. The molecule has 1 N–H and O–H groups in total. The number of aliphatic hydroxyl groups excluding tert-OH is 1. The van der Waals surface area contributed by atoms with Crippen LogP contribution in [0.15, 0.2) is 54.6 Å². The van der Waals surface area contributed by atoms with Crippen LogP contribution in [0.2, 0.25) is 0 Å². The number of benzene rings is 2. The van der Waals surface area contributed by atoms with Crippen LogP contribution in [0.5, 0.6) is 5.75 Å². The van der Waals surface area contributed by atoms with E-state index in [0.717, 1.165) is 11.3 Å². The molecule has 0 unspecified atom stereocenters. The Labute approximate surface area is 142 Å². The second-order valence-corrected chi connectivity index (χ2v) is 5.63. The second-order valence-electron chi connectivity index (χ2n) is 5.63. The highest BCUT2D eigenvalue weighted by molar-refractivity contribution is 5.21. The molecule has 130 valence electrons. The standard InChI is InChI=1S/C19H24FNO3/c1-23-12-11-21(13-16-7-9-17(20)10-8-16)14-18(22)15-24-19-5-3-2-4-6-19/h2-10,18,22H,11-15H2,1H3/t18-/m0/s1. The Morgan fingerprint density at radius 2 is 1.79 bits per heavy atom. The molecule has 2 rings (SSSR count). The summed E-state index contributed by atoms with van der Waals surface area (Å²) in [5.41, 5.74) is 0.990. The van der Waals surface area contributed by atoms with Gasteiger partial charge in [0.25, 0.3) is 0 Å². The van der Waals surface area contributed by atoms with Crippen molar-refractivity contribution in [2.75, 3.05) is 33.4 Å². The van der Waals surface area contributed by atoms with Gasteiger partial charge in [0.2, 0.25) is 0 Å². The number of rotatable bonds is 10. The molecule has 0 amide bonds. The van der Waals surface area contributed by atoms with Gasteiger partial charge in [-0.2, -0.15) is 0 Å². The van der Waals surface area contributed by atoms with Gasteiger partial charge in [0.1, 0.15) is 24.3 Å². The zero-order valence-corrected chi connectivity index (χ0v) is 13.9. The van der Waals surface area contributed by atoms with Gasteiger partial charge in [-0.15, -0.1) is 0 Å². The van der Waals surface area contributed by atoms with Crippen LogP contribution in [0.3, 0.4) is 0 Å². The number of aliphatic hydroxyl groups is 1. The molecule has 0 heterocycles. The molecule has 0 spiro atoms. The zero-order chi connectivity index (χ0) is 17.2. The van der Waals surface area contributed by atoms with Crippen LogP contribution in [-0.4, -0.2) is 49.5 Å². The molecule has 0 saturated carbocycles. The van der Waals surface area contributed by atoms with Gasteiger partial charge in [0, 0.05) is 26.7 Å². The van der Waals surface area contributed by atoms with E-state index in [9.17, 15) is 9.50 Å². The quantitative estimate of drug-likeness (QED) is 0.726. The Morgan fingerprint density at radius 3 is 2.46 bits per heavy atom. The van der Waals surface area contributed by atoms with Gasteiger partial charge in [0.05, 0.1) is 6.61 Å². The van der Waals surface area contributed by atoms with Crippen LogP contribution >= 0.6 is 0 Å². The number of methoxy groups -OCH3 is 1. The highest BCUT2D eigenvalue weighted by Crippen LogP contribution is 2.10. The van der Waals surface area contributed by atoms with Crippen molar-refractivity contribution < 1.29 is 19.0 Å². The SMILES string of the molecule is COCCN(Cc1ccc(F)cc1)C[C@H](O)COc1ccccc1. The average Bonchev–Trinajstić information content (AvgIpc) is 2.61. The molecule has 0 fully saturated rings. The van der Waals surface area contributed by atoms with Gasteiger partial charge < -0.3 is 14.6 Å². The van der Waals surface area contributed by atoms with Gasteiger partial charge in [-0.25, -0.2) is 4.39 Å². The minimum absolute atomic E-state index is 0.219. The normalized spacial score (nSPS) is 12.3. The average molecular weight is 333 g/mol. The smallest absolute Gasteiger partial charge is 0.123 e. The lowest BCUT2D eigenvalue weighted by atomic mass is 10.2. The molecule has 0 saturated heterocycles. The maximum Gasteiger partial charge on any atom is 0.123 e. The Balaban J connectivity index is 1.85. The van der Waals surface area contributed by atoms with Crippen molar-refractivity contribution in [2.24, 2.45) is 0 Å². The Kier molecular flexibility index (Phi) is 7.68. The Bertz CT molecular complexity index is 577. The molecule has 0 aliphatic carbocycles. The number of hydrogen-bond acceptors (Lipinski definition) is 4. The number of ether oxygens (including phenoxy) is 2. The lowest BCUT2D eigenvalue weighted by Crippen LogP contribution is -2.37. The van der Waals surface area contributed by atoms with Crippen molar-refractivity contribution in [3.63, 3.8) is 0 Å². The van der Waals surface area contributed by atoms with Gasteiger partial charge in [0.15, 0.2) is 0 Å². The van der Waals surface area contributed by atoms with Crippen LogP contribution in [0, 0.1) is 5.82 Å². The molecule has 24 heavy (non-hydrogen) atoms. The number of halogens is 1. The lowest BCUT2D eigenvalue weighted by molar-refractivity contribution is 0.0542. The molecule has 0 aliphatic rings.